The second-order valence-corrected chi connectivity index (χ2v) is 4.00. The predicted octanol–water partition coefficient (Wildman–Crippen LogP) is 0.509. The van der Waals surface area contributed by atoms with Gasteiger partial charge in [-0.2, -0.15) is 0 Å². The number of amides is 1. The number of rotatable bonds is 8. The lowest BCUT2D eigenvalue weighted by Crippen LogP contribution is -2.42. The Labute approximate surface area is 92.4 Å². The van der Waals surface area contributed by atoms with Crippen molar-refractivity contribution in [2.75, 3.05) is 19.7 Å². The Kier molecular flexibility index (Phi) is 8.33. The molecule has 0 aromatic heterocycles. The number of aliphatic hydroxyl groups is 1. The molecule has 0 aromatic carbocycles. The molecule has 0 fully saturated rings. The first-order valence-electron chi connectivity index (χ1n) is 5.73. The summed E-state index contributed by atoms with van der Waals surface area (Å²) in [5.41, 5.74) is 0. The van der Waals surface area contributed by atoms with Crippen molar-refractivity contribution < 1.29 is 9.90 Å². The minimum absolute atomic E-state index is 0.0488. The zero-order valence-electron chi connectivity index (χ0n) is 10.0. The molecule has 0 aliphatic rings. The first-order chi connectivity index (χ1) is 7.11. The molecule has 0 aromatic rings. The molecule has 4 heteroatoms. The lowest BCUT2D eigenvalue weighted by atomic mass is 10.1. The Morgan fingerprint density at radius 1 is 1.40 bits per heavy atom. The molecule has 0 aliphatic carbocycles. The summed E-state index contributed by atoms with van der Waals surface area (Å²) in [6, 6.07) is -0.130. The van der Waals surface area contributed by atoms with Gasteiger partial charge in [0, 0.05) is 13.2 Å². The van der Waals surface area contributed by atoms with Crippen LogP contribution < -0.4 is 10.6 Å². The number of likely N-dealkylation sites (N-methyl/N-ethyl adjacent to an activating group) is 1. The number of nitrogens with one attached hydrogen (secondary N) is 2. The van der Waals surface area contributed by atoms with E-state index in [0.717, 1.165) is 19.4 Å². The first-order valence-corrected chi connectivity index (χ1v) is 5.73. The number of hydrogen-bond acceptors (Lipinski definition) is 3. The average molecular weight is 216 g/mol. The van der Waals surface area contributed by atoms with Crippen LogP contribution in [-0.4, -0.2) is 36.8 Å². The molecule has 1 amide bonds. The molecule has 3 N–H and O–H groups in total. The van der Waals surface area contributed by atoms with Crippen LogP contribution in [-0.2, 0) is 4.79 Å². The van der Waals surface area contributed by atoms with Gasteiger partial charge in [-0.05, 0) is 39.2 Å². The summed E-state index contributed by atoms with van der Waals surface area (Å²) in [6.07, 6.45) is 1.98. The smallest absolute Gasteiger partial charge is 0.236 e. The van der Waals surface area contributed by atoms with E-state index in [1.807, 2.05) is 20.8 Å². The van der Waals surface area contributed by atoms with E-state index in [4.69, 9.17) is 5.11 Å². The Morgan fingerprint density at radius 3 is 2.60 bits per heavy atom. The molecule has 2 atom stereocenters. The summed E-state index contributed by atoms with van der Waals surface area (Å²) >= 11 is 0. The van der Waals surface area contributed by atoms with Gasteiger partial charge >= 0.3 is 0 Å². The van der Waals surface area contributed by atoms with Crippen LogP contribution in [0.3, 0.4) is 0 Å². The highest BCUT2D eigenvalue weighted by Crippen LogP contribution is 2.02. The average Bonchev–Trinajstić information content (AvgIpc) is 2.23. The van der Waals surface area contributed by atoms with Gasteiger partial charge in [0.25, 0.3) is 0 Å². The molecule has 0 saturated heterocycles. The monoisotopic (exact) mass is 216 g/mol. The highest BCUT2D eigenvalue weighted by molar-refractivity contribution is 5.81. The normalized spacial score (nSPS) is 14.7. The van der Waals surface area contributed by atoms with E-state index >= 15 is 0 Å². The number of carbonyl (C=O) groups excluding carboxylic acids is 1. The molecule has 0 radical (unpaired) electrons. The number of hydrogen-bond donors (Lipinski definition) is 3. The Hall–Kier alpha value is -0.610. The van der Waals surface area contributed by atoms with Crippen LogP contribution in [0.25, 0.3) is 0 Å². The van der Waals surface area contributed by atoms with Gasteiger partial charge in [0.1, 0.15) is 0 Å². The van der Waals surface area contributed by atoms with Crippen molar-refractivity contribution in [2.24, 2.45) is 5.92 Å². The van der Waals surface area contributed by atoms with E-state index in [0.29, 0.717) is 12.5 Å². The molecule has 0 rings (SSSR count). The molecule has 2 unspecified atom stereocenters. The predicted molar refractivity (Wildman–Crippen MR) is 61.6 cm³/mol. The molecule has 4 nitrogen and oxygen atoms in total. The summed E-state index contributed by atoms with van der Waals surface area (Å²) < 4.78 is 0. The zero-order valence-corrected chi connectivity index (χ0v) is 10.0. The maximum absolute atomic E-state index is 11.3. The van der Waals surface area contributed by atoms with Crippen molar-refractivity contribution in [3.8, 4) is 0 Å². The van der Waals surface area contributed by atoms with Crippen LogP contribution in [0.4, 0.5) is 0 Å². The molecule has 0 heterocycles. The largest absolute Gasteiger partial charge is 0.396 e. The van der Waals surface area contributed by atoms with E-state index in [-0.39, 0.29) is 18.6 Å². The molecular formula is C11H24N2O2. The highest BCUT2D eigenvalue weighted by Gasteiger charge is 2.09. The summed E-state index contributed by atoms with van der Waals surface area (Å²) in [5.74, 6) is 0.402. The van der Waals surface area contributed by atoms with Crippen LogP contribution in [0.2, 0.25) is 0 Å². The molecule has 0 saturated carbocycles. The van der Waals surface area contributed by atoms with Crippen molar-refractivity contribution >= 4 is 5.91 Å². The zero-order chi connectivity index (χ0) is 11.7. The fourth-order valence-electron chi connectivity index (χ4n) is 1.28. The fourth-order valence-corrected chi connectivity index (χ4v) is 1.28. The topological polar surface area (TPSA) is 61.4 Å². The van der Waals surface area contributed by atoms with E-state index in [1.165, 1.54) is 0 Å². The van der Waals surface area contributed by atoms with E-state index in [1.54, 1.807) is 0 Å². The quantitative estimate of drug-likeness (QED) is 0.518. The van der Waals surface area contributed by atoms with Gasteiger partial charge in [0.2, 0.25) is 5.91 Å². The van der Waals surface area contributed by atoms with Gasteiger partial charge in [0.15, 0.2) is 0 Å². The van der Waals surface area contributed by atoms with Crippen LogP contribution in [0.5, 0.6) is 0 Å². The second-order valence-electron chi connectivity index (χ2n) is 4.00. The van der Waals surface area contributed by atoms with Gasteiger partial charge in [-0.1, -0.05) is 6.92 Å². The third-order valence-electron chi connectivity index (χ3n) is 2.38. The van der Waals surface area contributed by atoms with Gasteiger partial charge in [0.05, 0.1) is 6.04 Å². The van der Waals surface area contributed by atoms with Crippen molar-refractivity contribution in [2.45, 2.75) is 39.7 Å². The van der Waals surface area contributed by atoms with Crippen molar-refractivity contribution in [1.29, 1.82) is 0 Å². The van der Waals surface area contributed by atoms with Gasteiger partial charge in [-0.15, -0.1) is 0 Å². The maximum Gasteiger partial charge on any atom is 0.236 e. The molecule has 0 spiro atoms. The lowest BCUT2D eigenvalue weighted by Gasteiger charge is -2.14. The van der Waals surface area contributed by atoms with E-state index < -0.39 is 0 Å². The Balaban J connectivity index is 3.46. The maximum atomic E-state index is 11.3. The van der Waals surface area contributed by atoms with Crippen LogP contribution in [0.15, 0.2) is 0 Å². The van der Waals surface area contributed by atoms with Crippen molar-refractivity contribution in [3.05, 3.63) is 0 Å². The molecule has 90 valence electrons. The lowest BCUT2D eigenvalue weighted by molar-refractivity contribution is -0.122. The van der Waals surface area contributed by atoms with Crippen molar-refractivity contribution in [3.63, 3.8) is 0 Å². The first kappa shape index (κ1) is 14.4. The van der Waals surface area contributed by atoms with Crippen molar-refractivity contribution in [1.82, 2.24) is 10.6 Å². The van der Waals surface area contributed by atoms with E-state index in [9.17, 15) is 4.79 Å². The van der Waals surface area contributed by atoms with E-state index in [2.05, 4.69) is 10.6 Å². The second kappa shape index (κ2) is 8.68. The third kappa shape index (κ3) is 7.33. The Bertz CT molecular complexity index is 174. The number of aliphatic hydroxyl groups excluding tert-OH is 1. The standard InChI is InChI=1S/C11H24N2O2/c1-4-12-11(15)10(3)13-7-5-6-9(2)8-14/h9-10,13-14H,4-8H2,1-3H3,(H,12,15). The summed E-state index contributed by atoms with van der Waals surface area (Å²) in [7, 11) is 0. The SMILES string of the molecule is CCNC(=O)C(C)NCCCC(C)CO. The minimum atomic E-state index is -0.130. The Morgan fingerprint density at radius 2 is 2.07 bits per heavy atom. The fraction of sp³-hybridized carbons (Fsp3) is 0.909. The van der Waals surface area contributed by atoms with Crippen LogP contribution in [0, 0.1) is 5.92 Å². The molecule has 0 aliphatic heterocycles. The third-order valence-corrected chi connectivity index (χ3v) is 2.38. The summed E-state index contributed by atoms with van der Waals surface area (Å²) in [5, 5.41) is 14.7. The highest BCUT2D eigenvalue weighted by atomic mass is 16.3. The van der Waals surface area contributed by atoms with Gasteiger partial charge in [-0.3, -0.25) is 4.79 Å². The molecule has 0 bridgehead atoms. The summed E-state index contributed by atoms with van der Waals surface area (Å²) in [6.45, 7) is 7.53. The van der Waals surface area contributed by atoms with Gasteiger partial charge in [-0.25, -0.2) is 0 Å². The van der Waals surface area contributed by atoms with Crippen LogP contribution >= 0.6 is 0 Å². The van der Waals surface area contributed by atoms with Crippen LogP contribution in [0.1, 0.15) is 33.6 Å². The summed E-state index contributed by atoms with van der Waals surface area (Å²) in [4.78, 5) is 11.3. The molecular weight excluding hydrogens is 192 g/mol. The number of carbonyl (C=O) groups is 1. The van der Waals surface area contributed by atoms with Gasteiger partial charge < -0.3 is 15.7 Å². The molecule has 15 heavy (non-hydrogen) atoms. The minimum Gasteiger partial charge on any atom is -0.396 e.